The van der Waals surface area contributed by atoms with Crippen LogP contribution < -0.4 is 4.74 Å². The highest BCUT2D eigenvalue weighted by atomic mass is 127. The van der Waals surface area contributed by atoms with E-state index in [4.69, 9.17) is 16.3 Å². The maximum atomic E-state index is 6.72. The maximum absolute atomic E-state index is 6.72. The molecule has 4 nitrogen and oxygen atoms in total. The lowest BCUT2D eigenvalue weighted by molar-refractivity contribution is 0.395. The van der Waals surface area contributed by atoms with E-state index in [1.807, 2.05) is 41.2 Å². The number of pyridine rings is 1. The lowest BCUT2D eigenvalue weighted by atomic mass is 10.0. The van der Waals surface area contributed by atoms with Crippen LogP contribution in [0.4, 0.5) is 0 Å². The summed E-state index contributed by atoms with van der Waals surface area (Å²) in [5, 5.41) is 5.89. The molecule has 0 fully saturated rings. The lowest BCUT2D eigenvalue weighted by Gasteiger charge is -2.13. The minimum Gasteiger partial charge on any atom is -0.481 e. The van der Waals surface area contributed by atoms with E-state index in [1.54, 1.807) is 13.3 Å². The molecule has 0 atom stereocenters. The van der Waals surface area contributed by atoms with Gasteiger partial charge >= 0.3 is 0 Å². The van der Waals surface area contributed by atoms with Crippen molar-refractivity contribution in [1.82, 2.24) is 14.8 Å². The molecule has 0 bridgehead atoms. The third-order valence-electron chi connectivity index (χ3n) is 4.22. The summed E-state index contributed by atoms with van der Waals surface area (Å²) in [5.74, 6) is 0.569. The molecule has 0 amide bonds. The molecule has 0 aliphatic carbocycles. The second-order valence-corrected chi connectivity index (χ2v) is 7.49. The Hall–Kier alpha value is -2.12. The molecule has 2 heterocycles. The van der Waals surface area contributed by atoms with Crippen molar-refractivity contribution in [3.8, 4) is 11.6 Å². The van der Waals surface area contributed by atoms with Crippen molar-refractivity contribution >= 4 is 45.1 Å². The minimum absolute atomic E-state index is 0.569. The van der Waals surface area contributed by atoms with Crippen molar-refractivity contribution in [2.24, 2.45) is 0 Å². The van der Waals surface area contributed by atoms with E-state index in [2.05, 4.69) is 50.9 Å². The van der Waals surface area contributed by atoms with Crippen LogP contribution in [-0.2, 0) is 6.42 Å². The summed E-state index contributed by atoms with van der Waals surface area (Å²) in [7, 11) is 1.63. The Kier molecular flexibility index (Phi) is 4.82. The van der Waals surface area contributed by atoms with Gasteiger partial charge in [-0.25, -0.2) is 9.67 Å². The Bertz CT molecular complexity index is 1060. The van der Waals surface area contributed by atoms with Gasteiger partial charge in [0.05, 0.1) is 23.3 Å². The van der Waals surface area contributed by atoms with E-state index in [9.17, 15) is 0 Å². The number of rotatable bonds is 4. The quantitative estimate of drug-likeness (QED) is 0.377. The number of aromatic nitrogens is 3. The van der Waals surface area contributed by atoms with Crippen molar-refractivity contribution in [2.75, 3.05) is 7.11 Å². The first-order valence-corrected chi connectivity index (χ1v) is 9.52. The molecule has 0 aliphatic rings. The molecule has 0 aliphatic heterocycles. The van der Waals surface area contributed by atoms with Gasteiger partial charge in [-0.2, -0.15) is 5.10 Å². The number of benzene rings is 2. The summed E-state index contributed by atoms with van der Waals surface area (Å²) in [5.41, 5.74) is 3.89. The zero-order valence-electron chi connectivity index (χ0n) is 14.0. The highest BCUT2D eigenvalue weighted by Crippen LogP contribution is 2.34. The van der Waals surface area contributed by atoms with Crippen LogP contribution in [0.5, 0.6) is 5.88 Å². The van der Waals surface area contributed by atoms with Gasteiger partial charge in [0.15, 0.2) is 0 Å². The number of methoxy groups -OCH3 is 1. The largest absolute Gasteiger partial charge is 0.481 e. The van der Waals surface area contributed by atoms with Gasteiger partial charge in [-0.15, -0.1) is 0 Å². The summed E-state index contributed by atoms with van der Waals surface area (Å²) in [6.45, 7) is 0. The number of hydrogen-bond acceptors (Lipinski definition) is 3. The number of halogens is 2. The predicted octanol–water partition coefficient (Wildman–Crippen LogP) is 5.28. The summed E-state index contributed by atoms with van der Waals surface area (Å²) in [4.78, 5) is 4.63. The molecule has 2 aromatic carbocycles. The molecule has 0 spiro atoms. The summed E-state index contributed by atoms with van der Waals surface area (Å²) in [6, 6.07) is 16.2. The van der Waals surface area contributed by atoms with Crippen LogP contribution in [0.2, 0.25) is 5.02 Å². The zero-order chi connectivity index (χ0) is 18.1. The molecule has 0 saturated carbocycles. The molecule has 0 N–H and O–H groups in total. The Morgan fingerprint density at radius 2 is 1.96 bits per heavy atom. The van der Waals surface area contributed by atoms with E-state index in [-0.39, 0.29) is 0 Å². The van der Waals surface area contributed by atoms with Gasteiger partial charge < -0.3 is 4.74 Å². The topological polar surface area (TPSA) is 39.9 Å². The van der Waals surface area contributed by atoms with Gasteiger partial charge in [0, 0.05) is 33.3 Å². The standard InChI is InChI=1S/C20H15ClIN3O/c1-26-20-17(19(21)16-12-14(22)5-8-18(16)24-20)11-13-3-6-15(7-4-13)25-10-2-9-23-25/h2-10,12H,11H2,1H3. The van der Waals surface area contributed by atoms with Gasteiger partial charge in [-0.1, -0.05) is 23.7 Å². The number of hydrogen-bond donors (Lipinski definition) is 0. The van der Waals surface area contributed by atoms with E-state index in [0.29, 0.717) is 17.3 Å². The fourth-order valence-electron chi connectivity index (χ4n) is 2.93. The zero-order valence-corrected chi connectivity index (χ0v) is 16.9. The van der Waals surface area contributed by atoms with Gasteiger partial charge in [0.25, 0.3) is 0 Å². The van der Waals surface area contributed by atoms with Crippen LogP contribution in [0.25, 0.3) is 16.6 Å². The monoisotopic (exact) mass is 475 g/mol. The van der Waals surface area contributed by atoms with Crippen LogP contribution in [0.1, 0.15) is 11.1 Å². The van der Waals surface area contributed by atoms with E-state index >= 15 is 0 Å². The first kappa shape index (κ1) is 17.3. The highest BCUT2D eigenvalue weighted by Gasteiger charge is 2.15. The molecular weight excluding hydrogens is 461 g/mol. The molecule has 2 aromatic heterocycles. The van der Waals surface area contributed by atoms with E-state index in [1.165, 1.54) is 0 Å². The van der Waals surface area contributed by atoms with Crippen molar-refractivity contribution in [3.63, 3.8) is 0 Å². The predicted molar refractivity (Wildman–Crippen MR) is 112 cm³/mol. The molecule has 26 heavy (non-hydrogen) atoms. The normalized spacial score (nSPS) is 11.0. The Balaban J connectivity index is 1.73. The first-order valence-electron chi connectivity index (χ1n) is 8.06. The average Bonchev–Trinajstić information content (AvgIpc) is 3.19. The Morgan fingerprint density at radius 3 is 2.65 bits per heavy atom. The second kappa shape index (κ2) is 7.25. The summed E-state index contributed by atoms with van der Waals surface area (Å²) < 4.78 is 8.46. The third kappa shape index (κ3) is 3.29. The van der Waals surface area contributed by atoms with Crippen molar-refractivity contribution in [1.29, 1.82) is 0 Å². The van der Waals surface area contributed by atoms with E-state index in [0.717, 1.165) is 31.3 Å². The minimum atomic E-state index is 0.569. The second-order valence-electron chi connectivity index (χ2n) is 5.87. The Labute approximate surface area is 169 Å². The third-order valence-corrected chi connectivity index (χ3v) is 5.32. The summed E-state index contributed by atoms with van der Waals surface area (Å²) in [6.07, 6.45) is 4.33. The fourth-order valence-corrected chi connectivity index (χ4v) is 3.72. The highest BCUT2D eigenvalue weighted by molar-refractivity contribution is 14.1. The van der Waals surface area contributed by atoms with Crippen molar-refractivity contribution < 1.29 is 4.74 Å². The maximum Gasteiger partial charge on any atom is 0.218 e. The Morgan fingerprint density at radius 1 is 1.15 bits per heavy atom. The van der Waals surface area contributed by atoms with Crippen LogP contribution >= 0.6 is 34.2 Å². The van der Waals surface area contributed by atoms with Gasteiger partial charge in [-0.05, 0) is 64.6 Å². The average molecular weight is 476 g/mol. The van der Waals surface area contributed by atoms with Crippen molar-refractivity contribution in [2.45, 2.75) is 6.42 Å². The number of nitrogens with zero attached hydrogens (tertiary/aromatic N) is 3. The van der Waals surface area contributed by atoms with Gasteiger partial charge in [0.2, 0.25) is 5.88 Å². The molecular formula is C20H15ClIN3O. The number of ether oxygens (including phenoxy) is 1. The van der Waals surface area contributed by atoms with Gasteiger partial charge in [0.1, 0.15) is 0 Å². The van der Waals surface area contributed by atoms with Crippen LogP contribution in [0, 0.1) is 3.57 Å². The first-order chi connectivity index (χ1) is 12.7. The molecule has 0 unspecified atom stereocenters. The van der Waals surface area contributed by atoms with Crippen LogP contribution in [0.15, 0.2) is 60.9 Å². The molecule has 4 aromatic rings. The van der Waals surface area contributed by atoms with E-state index < -0.39 is 0 Å². The molecule has 6 heteroatoms. The van der Waals surface area contributed by atoms with Crippen molar-refractivity contribution in [3.05, 3.63) is 80.6 Å². The van der Waals surface area contributed by atoms with Gasteiger partial charge in [-0.3, -0.25) is 0 Å². The lowest BCUT2D eigenvalue weighted by Crippen LogP contribution is -2.00. The molecule has 130 valence electrons. The SMILES string of the molecule is COc1nc2ccc(I)cc2c(Cl)c1Cc1ccc(-n2cccn2)cc1. The summed E-state index contributed by atoms with van der Waals surface area (Å²) >= 11 is 9.00. The van der Waals surface area contributed by atoms with Crippen LogP contribution in [0.3, 0.4) is 0 Å². The molecule has 0 saturated heterocycles. The number of fused-ring (bicyclic) bond motifs is 1. The molecule has 0 radical (unpaired) electrons. The smallest absolute Gasteiger partial charge is 0.218 e. The molecule has 4 rings (SSSR count). The van der Waals surface area contributed by atoms with Crippen LogP contribution in [-0.4, -0.2) is 21.9 Å². The fraction of sp³-hybridized carbons (Fsp3) is 0.100.